The van der Waals surface area contributed by atoms with Crippen molar-refractivity contribution in [2.45, 2.75) is 45.1 Å². The maximum absolute atomic E-state index is 4.63. The second kappa shape index (κ2) is 4.60. The Morgan fingerprint density at radius 1 is 1.29 bits per heavy atom. The lowest BCUT2D eigenvalue weighted by molar-refractivity contribution is 0.341. The first-order valence-corrected chi connectivity index (χ1v) is 7.44. The lowest BCUT2D eigenvalue weighted by Gasteiger charge is -2.32. The fraction of sp³-hybridized carbons (Fsp3) is 0.643. The van der Waals surface area contributed by atoms with Crippen molar-refractivity contribution in [3.63, 3.8) is 0 Å². The van der Waals surface area contributed by atoms with E-state index in [1.807, 2.05) is 6.20 Å². The third-order valence-corrected chi connectivity index (χ3v) is 4.82. The largest absolute Gasteiger partial charge is 0.352 e. The highest BCUT2D eigenvalue weighted by molar-refractivity contribution is 9.10. The van der Waals surface area contributed by atoms with Gasteiger partial charge >= 0.3 is 0 Å². The van der Waals surface area contributed by atoms with Crippen molar-refractivity contribution in [3.05, 3.63) is 22.3 Å². The van der Waals surface area contributed by atoms with Gasteiger partial charge in [0.2, 0.25) is 0 Å². The summed E-state index contributed by atoms with van der Waals surface area (Å²) in [4.78, 5) is 7.16. The molecule has 1 aromatic heterocycles. The van der Waals surface area contributed by atoms with Gasteiger partial charge in [0.25, 0.3) is 0 Å². The van der Waals surface area contributed by atoms with Gasteiger partial charge in [0.1, 0.15) is 5.82 Å². The van der Waals surface area contributed by atoms with Crippen LogP contribution in [0.25, 0.3) is 0 Å². The molecule has 0 aromatic carbocycles. The van der Waals surface area contributed by atoms with Gasteiger partial charge in [-0.1, -0.05) is 12.8 Å². The third kappa shape index (κ3) is 2.10. The minimum Gasteiger partial charge on any atom is -0.352 e. The van der Waals surface area contributed by atoms with Crippen molar-refractivity contribution < 1.29 is 0 Å². The quantitative estimate of drug-likeness (QED) is 0.780. The molecule has 0 radical (unpaired) electrons. The van der Waals surface area contributed by atoms with Crippen LogP contribution in [0.3, 0.4) is 0 Å². The first-order valence-electron chi connectivity index (χ1n) is 6.64. The first-order chi connectivity index (χ1) is 8.25. The predicted octanol–water partition coefficient (Wildman–Crippen LogP) is 3.92. The van der Waals surface area contributed by atoms with Crippen LogP contribution in [0.4, 0.5) is 5.82 Å². The molecule has 2 atom stereocenters. The number of anilines is 1. The summed E-state index contributed by atoms with van der Waals surface area (Å²) >= 11 is 3.67. The van der Waals surface area contributed by atoms with Gasteiger partial charge in [-0.3, -0.25) is 0 Å². The third-order valence-electron chi connectivity index (χ3n) is 4.24. The molecule has 1 aliphatic heterocycles. The number of fused-ring (bicyclic) bond motifs is 1. The molecule has 2 fully saturated rings. The minimum absolute atomic E-state index is 0.746. The molecule has 1 aliphatic carbocycles. The van der Waals surface area contributed by atoms with Crippen molar-refractivity contribution in [2.24, 2.45) is 5.92 Å². The van der Waals surface area contributed by atoms with Gasteiger partial charge in [-0.25, -0.2) is 4.98 Å². The molecule has 1 saturated heterocycles. The lowest BCUT2D eigenvalue weighted by atomic mass is 9.85. The van der Waals surface area contributed by atoms with Crippen LogP contribution in [0.1, 0.15) is 37.7 Å². The predicted molar refractivity (Wildman–Crippen MR) is 74.4 cm³/mol. The highest BCUT2D eigenvalue weighted by Crippen LogP contribution is 2.40. The molecule has 17 heavy (non-hydrogen) atoms. The van der Waals surface area contributed by atoms with E-state index in [1.165, 1.54) is 44.2 Å². The Kier molecular flexibility index (Phi) is 3.12. The average molecular weight is 295 g/mol. The zero-order valence-electron chi connectivity index (χ0n) is 10.3. The lowest BCUT2D eigenvalue weighted by Crippen LogP contribution is -2.35. The molecule has 0 N–H and O–H groups in total. The number of aryl methyl sites for hydroxylation is 1. The fourth-order valence-electron chi connectivity index (χ4n) is 3.41. The van der Waals surface area contributed by atoms with E-state index in [9.17, 15) is 0 Å². The number of hydrogen-bond acceptors (Lipinski definition) is 2. The maximum Gasteiger partial charge on any atom is 0.143 e. The summed E-state index contributed by atoms with van der Waals surface area (Å²) in [5.41, 5.74) is 1.22. The number of halogens is 1. The highest BCUT2D eigenvalue weighted by Gasteiger charge is 2.36. The number of hydrogen-bond donors (Lipinski definition) is 0. The van der Waals surface area contributed by atoms with E-state index in [1.54, 1.807) is 0 Å². The minimum atomic E-state index is 0.746. The summed E-state index contributed by atoms with van der Waals surface area (Å²) in [5, 5.41) is 0. The molecule has 2 unspecified atom stereocenters. The van der Waals surface area contributed by atoms with Crippen LogP contribution in [0.15, 0.2) is 16.7 Å². The Labute approximate surface area is 112 Å². The first kappa shape index (κ1) is 11.5. The molecular weight excluding hydrogens is 276 g/mol. The molecule has 0 amide bonds. The normalized spacial score (nSPS) is 28.2. The van der Waals surface area contributed by atoms with E-state index in [4.69, 9.17) is 0 Å². The van der Waals surface area contributed by atoms with Crippen molar-refractivity contribution in [1.29, 1.82) is 0 Å². The molecule has 0 bridgehead atoms. The Morgan fingerprint density at radius 2 is 2.12 bits per heavy atom. The molecule has 1 saturated carbocycles. The topological polar surface area (TPSA) is 16.1 Å². The summed E-state index contributed by atoms with van der Waals surface area (Å²) in [7, 11) is 0. The Hall–Kier alpha value is -0.570. The van der Waals surface area contributed by atoms with E-state index in [-0.39, 0.29) is 0 Å². The number of aromatic nitrogens is 1. The standard InChI is InChI=1S/C14H19BrN2/c1-10-8-12(15)14(16-9-10)17-7-6-11-4-2-3-5-13(11)17/h8-9,11,13H,2-7H2,1H3. The van der Waals surface area contributed by atoms with Gasteiger partial charge in [-0.2, -0.15) is 0 Å². The molecule has 0 spiro atoms. The van der Waals surface area contributed by atoms with Crippen molar-refractivity contribution in [1.82, 2.24) is 4.98 Å². The second-order valence-corrected chi connectivity index (χ2v) is 6.27. The smallest absolute Gasteiger partial charge is 0.143 e. The summed E-state index contributed by atoms with van der Waals surface area (Å²) in [5.74, 6) is 2.07. The van der Waals surface area contributed by atoms with E-state index in [2.05, 4.69) is 38.8 Å². The van der Waals surface area contributed by atoms with Crippen LogP contribution in [0.5, 0.6) is 0 Å². The molecule has 92 valence electrons. The molecular formula is C14H19BrN2. The maximum atomic E-state index is 4.63. The summed E-state index contributed by atoms with van der Waals surface area (Å²) < 4.78 is 1.16. The molecule has 2 heterocycles. The molecule has 2 nitrogen and oxygen atoms in total. The summed E-state index contributed by atoms with van der Waals surface area (Å²) in [6, 6.07) is 2.92. The average Bonchev–Trinajstić information content (AvgIpc) is 2.73. The molecule has 3 rings (SSSR count). The van der Waals surface area contributed by atoms with Gasteiger partial charge in [-0.15, -0.1) is 0 Å². The molecule has 2 aliphatic rings. The van der Waals surface area contributed by atoms with Crippen LogP contribution in [-0.2, 0) is 0 Å². The van der Waals surface area contributed by atoms with E-state index >= 15 is 0 Å². The second-order valence-electron chi connectivity index (χ2n) is 5.41. The summed E-state index contributed by atoms with van der Waals surface area (Å²) in [6.07, 6.45) is 8.93. The fourth-order valence-corrected chi connectivity index (χ4v) is 4.10. The number of nitrogens with zero attached hydrogens (tertiary/aromatic N) is 2. The Bertz CT molecular complexity index is 419. The number of rotatable bonds is 1. The van der Waals surface area contributed by atoms with Gasteiger partial charge in [0.15, 0.2) is 0 Å². The number of pyridine rings is 1. The zero-order chi connectivity index (χ0) is 11.8. The van der Waals surface area contributed by atoms with Crippen molar-refractivity contribution >= 4 is 21.7 Å². The highest BCUT2D eigenvalue weighted by atomic mass is 79.9. The van der Waals surface area contributed by atoms with Crippen LogP contribution in [0, 0.1) is 12.8 Å². The molecule has 1 aromatic rings. The van der Waals surface area contributed by atoms with Crippen LogP contribution >= 0.6 is 15.9 Å². The zero-order valence-corrected chi connectivity index (χ0v) is 11.9. The SMILES string of the molecule is Cc1cnc(N2CCC3CCCCC32)c(Br)c1. The van der Waals surface area contributed by atoms with Gasteiger partial charge in [0.05, 0.1) is 4.47 Å². The van der Waals surface area contributed by atoms with E-state index in [0.717, 1.165) is 22.3 Å². The Balaban J connectivity index is 1.88. The van der Waals surface area contributed by atoms with E-state index < -0.39 is 0 Å². The van der Waals surface area contributed by atoms with Crippen molar-refractivity contribution in [3.8, 4) is 0 Å². The summed E-state index contributed by atoms with van der Waals surface area (Å²) in [6.45, 7) is 3.28. The molecule has 3 heteroatoms. The van der Waals surface area contributed by atoms with Crippen LogP contribution < -0.4 is 4.90 Å². The van der Waals surface area contributed by atoms with Gasteiger partial charge in [0, 0.05) is 18.8 Å². The van der Waals surface area contributed by atoms with Crippen molar-refractivity contribution in [2.75, 3.05) is 11.4 Å². The van der Waals surface area contributed by atoms with Crippen LogP contribution in [-0.4, -0.2) is 17.6 Å². The monoisotopic (exact) mass is 294 g/mol. The Morgan fingerprint density at radius 3 is 2.94 bits per heavy atom. The van der Waals surface area contributed by atoms with Gasteiger partial charge in [-0.05, 0) is 59.7 Å². The van der Waals surface area contributed by atoms with Gasteiger partial charge < -0.3 is 4.90 Å². The van der Waals surface area contributed by atoms with E-state index in [0.29, 0.717) is 0 Å². The van der Waals surface area contributed by atoms with Crippen LogP contribution in [0.2, 0.25) is 0 Å².